The molecule has 1 atom stereocenters. The van der Waals surface area contributed by atoms with Gasteiger partial charge in [0.1, 0.15) is 0 Å². The lowest BCUT2D eigenvalue weighted by Crippen LogP contribution is -2.23. The van der Waals surface area contributed by atoms with Gasteiger partial charge in [0.25, 0.3) is 0 Å². The van der Waals surface area contributed by atoms with Crippen LogP contribution in [0.5, 0.6) is 6.01 Å². The summed E-state index contributed by atoms with van der Waals surface area (Å²) in [4.78, 5) is 15.2. The monoisotopic (exact) mass is 280 g/mol. The number of aromatic nitrogens is 3. The maximum atomic E-state index is 5.34. The van der Waals surface area contributed by atoms with Gasteiger partial charge in [0.05, 0.1) is 6.61 Å². The van der Waals surface area contributed by atoms with Gasteiger partial charge >= 0.3 is 6.01 Å². The van der Waals surface area contributed by atoms with Gasteiger partial charge in [-0.2, -0.15) is 15.0 Å². The molecule has 7 nitrogen and oxygen atoms in total. The lowest BCUT2D eigenvalue weighted by molar-refractivity contribution is 0.312. The Morgan fingerprint density at radius 3 is 2.70 bits per heavy atom. The molecule has 7 heteroatoms. The zero-order valence-electron chi connectivity index (χ0n) is 12.5. The molecule has 0 aromatic carbocycles. The summed E-state index contributed by atoms with van der Waals surface area (Å²) < 4.78 is 5.34. The molecule has 1 fully saturated rings. The Balaban J connectivity index is 1.93. The van der Waals surface area contributed by atoms with Gasteiger partial charge in [-0.1, -0.05) is 6.92 Å². The molecular weight excluding hydrogens is 256 g/mol. The molecule has 1 aromatic rings. The number of hydrogen-bond acceptors (Lipinski definition) is 7. The molecule has 2 rings (SSSR count). The minimum absolute atomic E-state index is 0.357. The van der Waals surface area contributed by atoms with Crippen LogP contribution >= 0.6 is 0 Å². The third-order valence-electron chi connectivity index (χ3n) is 3.48. The van der Waals surface area contributed by atoms with Crippen LogP contribution in [0, 0.1) is 5.92 Å². The van der Waals surface area contributed by atoms with Crippen LogP contribution in [0.2, 0.25) is 0 Å². The Kier molecular flexibility index (Phi) is 5.34. The largest absolute Gasteiger partial charge is 0.464 e. The van der Waals surface area contributed by atoms with Crippen molar-refractivity contribution < 1.29 is 4.74 Å². The SMILES string of the molecule is CCOc1nc(NC)nc(NCC2CCN(CC)C2)n1. The molecule has 0 amide bonds. The van der Waals surface area contributed by atoms with Crippen molar-refractivity contribution in [3.8, 4) is 6.01 Å². The first-order valence-corrected chi connectivity index (χ1v) is 7.28. The summed E-state index contributed by atoms with van der Waals surface area (Å²) in [5, 5.41) is 6.22. The van der Waals surface area contributed by atoms with E-state index in [1.54, 1.807) is 7.05 Å². The highest BCUT2D eigenvalue weighted by molar-refractivity contribution is 5.35. The minimum atomic E-state index is 0.357. The van der Waals surface area contributed by atoms with Gasteiger partial charge in [0.2, 0.25) is 11.9 Å². The van der Waals surface area contributed by atoms with Crippen molar-refractivity contribution in [1.82, 2.24) is 19.9 Å². The standard InChI is InChI=1S/C13H24N6O/c1-4-19-7-6-10(9-19)8-15-12-16-11(14-3)17-13(18-12)20-5-2/h10H,4-9H2,1-3H3,(H2,14,15,16,17,18). The third kappa shape index (κ3) is 3.93. The summed E-state index contributed by atoms with van der Waals surface area (Å²) in [5.74, 6) is 1.75. The molecule has 2 heterocycles. The molecule has 112 valence electrons. The summed E-state index contributed by atoms with van der Waals surface area (Å²) in [5.41, 5.74) is 0. The molecule has 1 unspecified atom stereocenters. The topological polar surface area (TPSA) is 75.2 Å². The van der Waals surface area contributed by atoms with Crippen LogP contribution < -0.4 is 15.4 Å². The number of likely N-dealkylation sites (tertiary alicyclic amines) is 1. The Morgan fingerprint density at radius 1 is 1.25 bits per heavy atom. The summed E-state index contributed by atoms with van der Waals surface area (Å²) in [6.45, 7) is 9.00. The molecule has 0 spiro atoms. The molecule has 2 N–H and O–H groups in total. The summed E-state index contributed by atoms with van der Waals surface area (Å²) in [6, 6.07) is 0.357. The van der Waals surface area contributed by atoms with Crippen LogP contribution in [0.25, 0.3) is 0 Å². The fourth-order valence-corrected chi connectivity index (χ4v) is 2.34. The molecule has 0 saturated carbocycles. The number of hydrogen-bond donors (Lipinski definition) is 2. The van der Waals surface area contributed by atoms with Crippen LogP contribution in [0.1, 0.15) is 20.3 Å². The van der Waals surface area contributed by atoms with E-state index >= 15 is 0 Å². The van der Waals surface area contributed by atoms with E-state index < -0.39 is 0 Å². The van der Waals surface area contributed by atoms with E-state index in [0.29, 0.717) is 30.4 Å². The maximum absolute atomic E-state index is 5.34. The van der Waals surface area contributed by atoms with Gasteiger partial charge in [-0.15, -0.1) is 0 Å². The Labute approximate surface area is 120 Å². The first-order chi connectivity index (χ1) is 9.75. The predicted octanol–water partition coefficient (Wildman–Crippen LogP) is 1.07. The number of anilines is 2. The molecule has 0 aliphatic carbocycles. The zero-order valence-corrected chi connectivity index (χ0v) is 12.5. The highest BCUT2D eigenvalue weighted by atomic mass is 16.5. The summed E-state index contributed by atoms with van der Waals surface area (Å²) in [7, 11) is 1.78. The molecule has 1 aromatic heterocycles. The first kappa shape index (κ1) is 14.8. The Bertz CT molecular complexity index is 427. The summed E-state index contributed by atoms with van der Waals surface area (Å²) >= 11 is 0. The molecule has 0 bridgehead atoms. The molecule has 0 radical (unpaired) electrons. The smallest absolute Gasteiger partial charge is 0.323 e. The lowest BCUT2D eigenvalue weighted by atomic mass is 10.1. The second-order valence-electron chi connectivity index (χ2n) is 4.88. The van der Waals surface area contributed by atoms with Crippen LogP contribution in [0.4, 0.5) is 11.9 Å². The molecule has 1 aliphatic rings. The van der Waals surface area contributed by atoms with Gasteiger partial charge < -0.3 is 20.3 Å². The first-order valence-electron chi connectivity index (χ1n) is 7.28. The third-order valence-corrected chi connectivity index (χ3v) is 3.48. The number of rotatable bonds is 7. The van der Waals surface area contributed by atoms with Crippen LogP contribution in [0.3, 0.4) is 0 Å². The van der Waals surface area contributed by atoms with Crippen molar-refractivity contribution in [3.05, 3.63) is 0 Å². The van der Waals surface area contributed by atoms with Crippen LogP contribution in [0.15, 0.2) is 0 Å². The fourth-order valence-electron chi connectivity index (χ4n) is 2.34. The van der Waals surface area contributed by atoms with Gasteiger partial charge in [-0.25, -0.2) is 0 Å². The number of ether oxygens (including phenoxy) is 1. The quantitative estimate of drug-likeness (QED) is 0.773. The highest BCUT2D eigenvalue weighted by Gasteiger charge is 2.21. The molecule has 1 aliphatic heterocycles. The van der Waals surface area contributed by atoms with Crippen LogP contribution in [-0.2, 0) is 0 Å². The van der Waals surface area contributed by atoms with Crippen molar-refractivity contribution in [2.75, 3.05) is 50.5 Å². The van der Waals surface area contributed by atoms with Crippen molar-refractivity contribution in [1.29, 1.82) is 0 Å². The van der Waals surface area contributed by atoms with Gasteiger partial charge in [0, 0.05) is 20.1 Å². The van der Waals surface area contributed by atoms with E-state index in [-0.39, 0.29) is 0 Å². The average Bonchev–Trinajstić information content (AvgIpc) is 2.93. The van der Waals surface area contributed by atoms with Gasteiger partial charge in [0.15, 0.2) is 0 Å². The van der Waals surface area contributed by atoms with Gasteiger partial charge in [-0.3, -0.25) is 0 Å². The maximum Gasteiger partial charge on any atom is 0.323 e. The predicted molar refractivity (Wildman–Crippen MR) is 79.3 cm³/mol. The van der Waals surface area contributed by atoms with Crippen molar-refractivity contribution in [2.24, 2.45) is 5.92 Å². The fraction of sp³-hybridized carbons (Fsp3) is 0.769. The zero-order chi connectivity index (χ0) is 14.4. The second kappa shape index (κ2) is 7.23. The second-order valence-corrected chi connectivity index (χ2v) is 4.88. The lowest BCUT2D eigenvalue weighted by Gasteiger charge is -2.14. The van der Waals surface area contributed by atoms with E-state index in [1.165, 1.54) is 13.0 Å². The van der Waals surface area contributed by atoms with E-state index in [9.17, 15) is 0 Å². The number of nitrogens with one attached hydrogen (secondary N) is 2. The van der Waals surface area contributed by atoms with Crippen molar-refractivity contribution >= 4 is 11.9 Å². The van der Waals surface area contributed by atoms with Gasteiger partial charge in [-0.05, 0) is 32.4 Å². The van der Waals surface area contributed by atoms with Crippen molar-refractivity contribution in [3.63, 3.8) is 0 Å². The van der Waals surface area contributed by atoms with E-state index in [1.807, 2.05) is 6.92 Å². The molecular formula is C13H24N6O. The molecule has 1 saturated heterocycles. The minimum Gasteiger partial charge on any atom is -0.464 e. The number of nitrogens with zero attached hydrogens (tertiary/aromatic N) is 4. The van der Waals surface area contributed by atoms with E-state index in [2.05, 4.69) is 37.4 Å². The Morgan fingerprint density at radius 2 is 2.05 bits per heavy atom. The Hall–Kier alpha value is -1.63. The van der Waals surface area contributed by atoms with Crippen LogP contribution in [-0.4, -0.2) is 59.7 Å². The molecule has 20 heavy (non-hydrogen) atoms. The highest BCUT2D eigenvalue weighted by Crippen LogP contribution is 2.17. The summed E-state index contributed by atoms with van der Waals surface area (Å²) in [6.07, 6.45) is 1.23. The van der Waals surface area contributed by atoms with E-state index in [4.69, 9.17) is 4.74 Å². The average molecular weight is 280 g/mol. The van der Waals surface area contributed by atoms with E-state index in [0.717, 1.165) is 19.6 Å². The van der Waals surface area contributed by atoms with Crippen molar-refractivity contribution in [2.45, 2.75) is 20.3 Å². The normalized spacial score (nSPS) is 19.1.